The molecular formula is C18H31IN4O. The molecular weight excluding hydrogens is 415 g/mol. The molecule has 1 heterocycles. The fourth-order valence-corrected chi connectivity index (χ4v) is 2.78. The highest BCUT2D eigenvalue weighted by molar-refractivity contribution is 14.0. The third-order valence-electron chi connectivity index (χ3n) is 4.16. The van der Waals surface area contributed by atoms with Gasteiger partial charge in [0.2, 0.25) is 0 Å². The molecule has 1 atom stereocenters. The van der Waals surface area contributed by atoms with Gasteiger partial charge in [0.15, 0.2) is 5.96 Å². The molecule has 1 saturated heterocycles. The molecule has 5 nitrogen and oxygen atoms in total. The predicted molar refractivity (Wildman–Crippen MR) is 111 cm³/mol. The number of hydrogen-bond acceptors (Lipinski definition) is 3. The number of ether oxygens (including phenoxy) is 1. The second-order valence-corrected chi connectivity index (χ2v) is 6.63. The smallest absolute Gasteiger partial charge is 0.191 e. The van der Waals surface area contributed by atoms with E-state index < -0.39 is 0 Å². The Kier molecular flexibility index (Phi) is 9.43. The minimum absolute atomic E-state index is 0. The molecule has 6 heteroatoms. The third kappa shape index (κ3) is 6.84. The van der Waals surface area contributed by atoms with Crippen LogP contribution in [-0.2, 0) is 6.54 Å². The minimum atomic E-state index is 0. The summed E-state index contributed by atoms with van der Waals surface area (Å²) in [5.41, 5.74) is 7.26. The van der Waals surface area contributed by atoms with Crippen LogP contribution >= 0.6 is 24.0 Å². The van der Waals surface area contributed by atoms with Gasteiger partial charge in [-0.2, -0.15) is 0 Å². The van der Waals surface area contributed by atoms with E-state index in [9.17, 15) is 0 Å². The van der Waals surface area contributed by atoms with Crippen molar-refractivity contribution in [1.82, 2.24) is 9.80 Å². The van der Waals surface area contributed by atoms with Gasteiger partial charge in [-0.15, -0.1) is 24.0 Å². The Morgan fingerprint density at radius 2 is 2.12 bits per heavy atom. The Morgan fingerprint density at radius 3 is 2.83 bits per heavy atom. The highest BCUT2D eigenvalue weighted by Gasteiger charge is 2.17. The molecule has 0 spiro atoms. The van der Waals surface area contributed by atoms with Crippen LogP contribution in [0.3, 0.4) is 0 Å². The van der Waals surface area contributed by atoms with Gasteiger partial charge in [0.05, 0.1) is 6.54 Å². The summed E-state index contributed by atoms with van der Waals surface area (Å²) in [6.45, 7) is 6.43. The molecule has 0 radical (unpaired) electrons. The van der Waals surface area contributed by atoms with Crippen molar-refractivity contribution in [3.05, 3.63) is 29.8 Å². The second-order valence-electron chi connectivity index (χ2n) is 6.63. The molecule has 0 amide bonds. The normalized spacial score (nSPS) is 18.4. The van der Waals surface area contributed by atoms with Crippen LogP contribution in [0.1, 0.15) is 25.3 Å². The lowest BCUT2D eigenvalue weighted by atomic mass is 10.0. The molecule has 0 saturated carbocycles. The number of nitrogens with zero attached hydrogens (tertiary/aromatic N) is 3. The van der Waals surface area contributed by atoms with Gasteiger partial charge in [0.25, 0.3) is 0 Å². The number of nitrogens with two attached hydrogens (primary N) is 1. The monoisotopic (exact) mass is 446 g/mol. The Hall–Kier alpha value is -1.02. The molecule has 1 aliphatic heterocycles. The van der Waals surface area contributed by atoms with Gasteiger partial charge in [0, 0.05) is 25.2 Å². The van der Waals surface area contributed by atoms with Crippen molar-refractivity contribution in [2.75, 3.05) is 40.3 Å². The van der Waals surface area contributed by atoms with Gasteiger partial charge in [0.1, 0.15) is 12.4 Å². The van der Waals surface area contributed by atoms with Crippen molar-refractivity contribution in [2.24, 2.45) is 16.6 Å². The van der Waals surface area contributed by atoms with E-state index in [1.807, 2.05) is 32.3 Å². The first-order valence-electron chi connectivity index (χ1n) is 8.46. The lowest BCUT2D eigenvalue weighted by molar-refractivity contribution is 0.259. The van der Waals surface area contributed by atoms with Crippen molar-refractivity contribution in [3.8, 4) is 5.75 Å². The number of halogens is 1. The molecule has 0 bridgehead atoms. The van der Waals surface area contributed by atoms with Crippen LogP contribution in [0, 0.1) is 5.92 Å². The Bertz CT molecular complexity index is 521. The second kappa shape index (κ2) is 10.8. The maximum atomic E-state index is 6.18. The Balaban J connectivity index is 0.00000288. The highest BCUT2D eigenvalue weighted by Crippen LogP contribution is 2.19. The molecule has 1 aliphatic rings. The van der Waals surface area contributed by atoms with E-state index in [1.165, 1.54) is 12.8 Å². The van der Waals surface area contributed by atoms with E-state index in [0.29, 0.717) is 25.0 Å². The number of aliphatic imine (C=N–C) groups is 1. The summed E-state index contributed by atoms with van der Waals surface area (Å²) in [5.74, 6) is 2.25. The van der Waals surface area contributed by atoms with Crippen molar-refractivity contribution in [1.29, 1.82) is 0 Å². The van der Waals surface area contributed by atoms with Gasteiger partial charge in [-0.25, -0.2) is 4.99 Å². The van der Waals surface area contributed by atoms with Crippen molar-refractivity contribution >= 4 is 29.9 Å². The quantitative estimate of drug-likeness (QED) is 0.415. The average Bonchev–Trinajstić information content (AvgIpc) is 2.53. The van der Waals surface area contributed by atoms with Crippen LogP contribution < -0.4 is 10.5 Å². The average molecular weight is 446 g/mol. The maximum Gasteiger partial charge on any atom is 0.191 e. The Morgan fingerprint density at radius 1 is 1.38 bits per heavy atom. The summed E-state index contributed by atoms with van der Waals surface area (Å²) in [6.07, 6.45) is 2.48. The first-order chi connectivity index (χ1) is 11.1. The van der Waals surface area contributed by atoms with Crippen molar-refractivity contribution in [3.63, 3.8) is 0 Å². The van der Waals surface area contributed by atoms with E-state index >= 15 is 0 Å². The Labute approximate surface area is 163 Å². The van der Waals surface area contributed by atoms with Gasteiger partial charge in [-0.05, 0) is 38.9 Å². The number of hydrogen-bond donors (Lipinski definition) is 1. The number of para-hydroxylation sites is 1. The third-order valence-corrected chi connectivity index (χ3v) is 4.16. The summed E-state index contributed by atoms with van der Waals surface area (Å²) < 4.78 is 5.88. The molecule has 136 valence electrons. The predicted octanol–water partition coefficient (Wildman–Crippen LogP) is 2.79. The van der Waals surface area contributed by atoms with Crippen LogP contribution in [0.4, 0.5) is 0 Å². The summed E-state index contributed by atoms with van der Waals surface area (Å²) in [4.78, 5) is 8.89. The van der Waals surface area contributed by atoms with Crippen molar-refractivity contribution in [2.45, 2.75) is 26.3 Å². The number of guanidine groups is 1. The largest absolute Gasteiger partial charge is 0.492 e. The van der Waals surface area contributed by atoms with Crippen molar-refractivity contribution < 1.29 is 4.74 Å². The summed E-state index contributed by atoms with van der Waals surface area (Å²) >= 11 is 0. The standard InChI is InChI=1S/C18H30N4O.HI/c1-15-7-6-10-22(14-15)18(19)20-13-16-8-4-5-9-17(16)23-12-11-21(2)3;/h4-5,8-9,15H,6-7,10-14H2,1-3H3,(H2,19,20);1H. The first kappa shape index (κ1) is 21.0. The zero-order valence-corrected chi connectivity index (χ0v) is 17.4. The number of likely N-dealkylation sites (tertiary alicyclic amines) is 1. The minimum Gasteiger partial charge on any atom is -0.492 e. The zero-order chi connectivity index (χ0) is 16.7. The van der Waals surface area contributed by atoms with Crippen LogP contribution in [-0.4, -0.2) is 56.1 Å². The van der Waals surface area contributed by atoms with Gasteiger partial charge in [-0.1, -0.05) is 25.1 Å². The summed E-state index contributed by atoms with van der Waals surface area (Å²) in [5, 5.41) is 0. The number of likely N-dealkylation sites (N-methyl/N-ethyl adjacent to an activating group) is 1. The molecule has 2 rings (SSSR count). The van der Waals surface area contributed by atoms with E-state index in [0.717, 1.165) is 30.9 Å². The van der Waals surface area contributed by atoms with Gasteiger partial charge < -0.3 is 20.3 Å². The molecule has 1 unspecified atom stereocenters. The van der Waals surface area contributed by atoms with Gasteiger partial charge in [-0.3, -0.25) is 0 Å². The molecule has 1 aromatic carbocycles. The fraction of sp³-hybridized carbons (Fsp3) is 0.611. The molecule has 2 N–H and O–H groups in total. The van der Waals surface area contributed by atoms with Crippen LogP contribution in [0.2, 0.25) is 0 Å². The number of piperidine rings is 1. The summed E-state index contributed by atoms with van der Waals surface area (Å²) in [7, 11) is 4.08. The summed E-state index contributed by atoms with van der Waals surface area (Å²) in [6, 6.07) is 8.07. The lowest BCUT2D eigenvalue weighted by Crippen LogP contribution is -2.43. The highest BCUT2D eigenvalue weighted by atomic mass is 127. The topological polar surface area (TPSA) is 54.1 Å². The maximum absolute atomic E-state index is 6.18. The lowest BCUT2D eigenvalue weighted by Gasteiger charge is -2.31. The van der Waals surface area contributed by atoms with Gasteiger partial charge >= 0.3 is 0 Å². The molecule has 24 heavy (non-hydrogen) atoms. The van der Waals surface area contributed by atoms with E-state index in [-0.39, 0.29) is 24.0 Å². The number of rotatable bonds is 6. The van der Waals surface area contributed by atoms with E-state index in [2.05, 4.69) is 27.8 Å². The molecule has 0 aliphatic carbocycles. The molecule has 1 fully saturated rings. The fourth-order valence-electron chi connectivity index (χ4n) is 2.78. The SMILES string of the molecule is CC1CCCN(C(N)=NCc2ccccc2OCCN(C)C)C1.I. The van der Waals surface area contributed by atoms with Crippen LogP contribution in [0.25, 0.3) is 0 Å². The van der Waals surface area contributed by atoms with E-state index in [1.54, 1.807) is 0 Å². The van der Waals surface area contributed by atoms with Crippen LogP contribution in [0.5, 0.6) is 5.75 Å². The first-order valence-corrected chi connectivity index (χ1v) is 8.46. The molecule has 0 aromatic heterocycles. The molecule has 1 aromatic rings. The number of benzene rings is 1. The zero-order valence-electron chi connectivity index (χ0n) is 15.1. The van der Waals surface area contributed by atoms with E-state index in [4.69, 9.17) is 10.5 Å². The van der Waals surface area contributed by atoms with Crippen LogP contribution in [0.15, 0.2) is 29.3 Å².